The monoisotopic (exact) mass is 409 g/mol. The van der Waals surface area contributed by atoms with Crippen molar-refractivity contribution in [3.8, 4) is 0 Å². The maximum absolute atomic E-state index is 13.2. The third-order valence-corrected chi connectivity index (χ3v) is 7.25. The summed E-state index contributed by atoms with van der Waals surface area (Å²) in [4.78, 5) is 26.2. The van der Waals surface area contributed by atoms with Gasteiger partial charge in [-0.15, -0.1) is 0 Å². The third kappa shape index (κ3) is 4.72. The van der Waals surface area contributed by atoms with E-state index >= 15 is 0 Å². The third-order valence-electron chi connectivity index (χ3n) is 5.04. The van der Waals surface area contributed by atoms with Crippen LogP contribution in [0, 0.1) is 26.7 Å². The smallest absolute Gasteiger partial charge is 0.245 e. The molecule has 1 unspecified atom stereocenters. The van der Waals surface area contributed by atoms with Crippen LogP contribution in [-0.4, -0.2) is 61.7 Å². The van der Waals surface area contributed by atoms with Gasteiger partial charge in [-0.1, -0.05) is 31.5 Å². The summed E-state index contributed by atoms with van der Waals surface area (Å²) in [6.45, 7) is 11.8. The minimum atomic E-state index is -3.62. The predicted molar refractivity (Wildman–Crippen MR) is 108 cm³/mol. The number of hydrogen-bond donors (Lipinski definition) is 1. The van der Waals surface area contributed by atoms with Crippen LogP contribution in [0.1, 0.15) is 37.5 Å². The van der Waals surface area contributed by atoms with E-state index < -0.39 is 16.1 Å². The quantitative estimate of drug-likeness (QED) is 0.800. The van der Waals surface area contributed by atoms with E-state index in [9.17, 15) is 18.0 Å². The van der Waals surface area contributed by atoms with Gasteiger partial charge in [0.25, 0.3) is 0 Å². The predicted octanol–water partition coefficient (Wildman–Crippen LogP) is 1.61. The lowest BCUT2D eigenvalue weighted by atomic mass is 10.0. The van der Waals surface area contributed by atoms with E-state index in [1.54, 1.807) is 4.90 Å². The average Bonchev–Trinajstić information content (AvgIpc) is 2.57. The number of carbonyl (C=O) groups excluding carboxylic acids is 2. The van der Waals surface area contributed by atoms with E-state index in [1.165, 1.54) is 11.2 Å². The Labute approximate surface area is 168 Å². The van der Waals surface area contributed by atoms with Gasteiger partial charge in [-0.3, -0.25) is 9.59 Å². The molecule has 1 aromatic carbocycles. The summed E-state index contributed by atoms with van der Waals surface area (Å²) < 4.78 is 27.8. The second-order valence-corrected chi connectivity index (χ2v) is 9.75. The van der Waals surface area contributed by atoms with Gasteiger partial charge in [-0.05, 0) is 37.8 Å². The van der Waals surface area contributed by atoms with Crippen molar-refractivity contribution < 1.29 is 18.0 Å². The van der Waals surface area contributed by atoms with Crippen molar-refractivity contribution in [2.45, 2.75) is 52.5 Å². The molecule has 0 aliphatic carbocycles. The Balaban J connectivity index is 2.15. The molecule has 1 atom stereocenters. The zero-order valence-electron chi connectivity index (χ0n) is 17.6. The highest BCUT2D eigenvalue weighted by atomic mass is 32.2. The molecule has 0 spiro atoms. The van der Waals surface area contributed by atoms with Crippen molar-refractivity contribution in [3.63, 3.8) is 0 Å². The van der Waals surface area contributed by atoms with Gasteiger partial charge < -0.3 is 10.2 Å². The molecule has 0 saturated carbocycles. The zero-order valence-corrected chi connectivity index (χ0v) is 18.4. The molecule has 0 aromatic heterocycles. The number of aryl methyl sites for hydroxylation is 3. The van der Waals surface area contributed by atoms with E-state index in [4.69, 9.17) is 0 Å². The number of hydrogen-bond acceptors (Lipinski definition) is 4. The zero-order chi connectivity index (χ0) is 21.2. The second-order valence-electron chi connectivity index (χ2n) is 7.88. The molecule has 1 aliphatic heterocycles. The molecule has 1 aromatic rings. The fraction of sp³-hybridized carbons (Fsp3) is 0.600. The largest absolute Gasteiger partial charge is 0.344 e. The number of carbonyl (C=O) groups is 2. The molecule has 1 heterocycles. The van der Waals surface area contributed by atoms with Crippen molar-refractivity contribution in [3.05, 3.63) is 28.8 Å². The van der Waals surface area contributed by atoms with Crippen molar-refractivity contribution >= 4 is 21.8 Å². The fourth-order valence-corrected chi connectivity index (χ4v) is 5.61. The molecule has 1 saturated heterocycles. The highest BCUT2D eigenvalue weighted by Gasteiger charge is 2.34. The molecule has 7 nitrogen and oxygen atoms in total. The Hall–Kier alpha value is -1.93. The van der Waals surface area contributed by atoms with Gasteiger partial charge in [0.2, 0.25) is 21.8 Å². The first-order chi connectivity index (χ1) is 12.9. The number of amides is 2. The van der Waals surface area contributed by atoms with Crippen molar-refractivity contribution in [1.29, 1.82) is 0 Å². The molecular weight excluding hydrogens is 378 g/mol. The van der Waals surface area contributed by atoms with E-state index in [0.29, 0.717) is 18.0 Å². The molecule has 1 fully saturated rings. The summed E-state index contributed by atoms with van der Waals surface area (Å²) in [7, 11) is -3.62. The summed E-state index contributed by atoms with van der Waals surface area (Å²) in [6.07, 6.45) is 0. The highest BCUT2D eigenvalue weighted by Crippen LogP contribution is 2.26. The maximum atomic E-state index is 13.2. The lowest BCUT2D eigenvalue weighted by Gasteiger charge is -2.37. The van der Waals surface area contributed by atoms with Crippen LogP contribution in [0.2, 0.25) is 0 Å². The molecule has 1 N–H and O–H groups in total. The second kappa shape index (κ2) is 8.61. The minimum Gasteiger partial charge on any atom is -0.344 e. The van der Waals surface area contributed by atoms with Crippen molar-refractivity contribution in [1.82, 2.24) is 14.5 Å². The van der Waals surface area contributed by atoms with Crippen LogP contribution in [0.5, 0.6) is 0 Å². The molecule has 2 amide bonds. The number of nitrogens with one attached hydrogen (secondary N) is 1. The summed E-state index contributed by atoms with van der Waals surface area (Å²) in [6, 6.07) is 3.16. The van der Waals surface area contributed by atoms with E-state index in [2.05, 4.69) is 5.32 Å². The molecule has 156 valence electrons. The van der Waals surface area contributed by atoms with Crippen LogP contribution in [0.25, 0.3) is 0 Å². The van der Waals surface area contributed by atoms with E-state index in [-0.39, 0.29) is 30.8 Å². The molecule has 2 rings (SSSR count). The van der Waals surface area contributed by atoms with Crippen LogP contribution in [0.3, 0.4) is 0 Å². The Bertz CT molecular complexity index is 833. The number of sulfonamides is 1. The van der Waals surface area contributed by atoms with Crippen molar-refractivity contribution in [2.24, 2.45) is 5.92 Å². The minimum absolute atomic E-state index is 0.0454. The van der Waals surface area contributed by atoms with E-state index in [1.807, 2.05) is 46.8 Å². The standard InChI is InChI=1S/C20H31N3O4S/c1-13(2)18(21-17(6)24)20(25)22-7-9-23(10-8-22)28(26,27)19-15(4)11-14(3)12-16(19)5/h11-13,18H,7-10H2,1-6H3,(H,21,24). The average molecular weight is 410 g/mol. The van der Waals surface area contributed by atoms with Gasteiger partial charge in [-0.2, -0.15) is 4.31 Å². The first kappa shape index (κ1) is 22.4. The fourth-order valence-electron chi connectivity index (χ4n) is 3.78. The van der Waals surface area contributed by atoms with Gasteiger partial charge in [-0.25, -0.2) is 8.42 Å². The lowest BCUT2D eigenvalue weighted by molar-refractivity contribution is -0.138. The lowest BCUT2D eigenvalue weighted by Crippen LogP contribution is -2.56. The van der Waals surface area contributed by atoms with Crippen LogP contribution in [-0.2, 0) is 19.6 Å². The van der Waals surface area contributed by atoms with Gasteiger partial charge in [0, 0.05) is 33.1 Å². The summed E-state index contributed by atoms with van der Waals surface area (Å²) in [5.41, 5.74) is 2.50. The summed E-state index contributed by atoms with van der Waals surface area (Å²) in [5.74, 6) is -0.459. The first-order valence-corrected chi connectivity index (χ1v) is 11.0. The maximum Gasteiger partial charge on any atom is 0.245 e. The number of rotatable bonds is 5. The molecule has 0 bridgehead atoms. The molecule has 8 heteroatoms. The normalized spacial score (nSPS) is 16.9. The summed E-state index contributed by atoms with van der Waals surface area (Å²) in [5, 5.41) is 2.70. The van der Waals surface area contributed by atoms with Crippen LogP contribution >= 0.6 is 0 Å². The number of piperazine rings is 1. The Morgan fingerprint density at radius 3 is 1.93 bits per heavy atom. The van der Waals surface area contributed by atoms with Crippen LogP contribution in [0.4, 0.5) is 0 Å². The van der Waals surface area contributed by atoms with Gasteiger partial charge in [0.1, 0.15) is 6.04 Å². The van der Waals surface area contributed by atoms with Crippen molar-refractivity contribution in [2.75, 3.05) is 26.2 Å². The Kier molecular flexibility index (Phi) is 6.88. The topological polar surface area (TPSA) is 86.8 Å². The van der Waals surface area contributed by atoms with Gasteiger partial charge in [0.05, 0.1) is 4.90 Å². The highest BCUT2D eigenvalue weighted by molar-refractivity contribution is 7.89. The Morgan fingerprint density at radius 1 is 1.00 bits per heavy atom. The SMILES string of the molecule is CC(=O)NC(C(=O)N1CCN(S(=O)(=O)c2c(C)cc(C)cc2C)CC1)C(C)C. The van der Waals surface area contributed by atoms with Gasteiger partial charge >= 0.3 is 0 Å². The summed E-state index contributed by atoms with van der Waals surface area (Å²) >= 11 is 0. The van der Waals surface area contributed by atoms with Gasteiger partial charge in [0.15, 0.2) is 0 Å². The van der Waals surface area contributed by atoms with E-state index in [0.717, 1.165) is 16.7 Å². The Morgan fingerprint density at radius 2 is 1.50 bits per heavy atom. The number of benzene rings is 1. The number of nitrogens with zero attached hydrogens (tertiary/aromatic N) is 2. The molecule has 1 aliphatic rings. The van der Waals surface area contributed by atoms with Crippen LogP contribution < -0.4 is 5.32 Å². The molecule has 0 radical (unpaired) electrons. The molecule has 28 heavy (non-hydrogen) atoms. The molecular formula is C20H31N3O4S. The first-order valence-electron chi connectivity index (χ1n) is 9.59. The van der Waals surface area contributed by atoms with Crippen LogP contribution in [0.15, 0.2) is 17.0 Å².